The first kappa shape index (κ1) is 16.0. The number of hydrogen-bond donors (Lipinski definition) is 1. The number of nitrogens with one attached hydrogen (secondary N) is 1. The molecule has 0 radical (unpaired) electrons. The van der Waals surface area contributed by atoms with Crippen LogP contribution < -0.4 is 10.1 Å². The van der Waals surface area contributed by atoms with Gasteiger partial charge in [-0.25, -0.2) is 13.2 Å². The molecule has 0 aliphatic heterocycles. The Kier molecular flexibility index (Phi) is 5.16. The van der Waals surface area contributed by atoms with Crippen LogP contribution in [0.1, 0.15) is 5.56 Å². The molecule has 1 N–H and O–H groups in total. The molecule has 0 spiro atoms. The van der Waals surface area contributed by atoms with Crippen molar-refractivity contribution < 1.29 is 17.9 Å². The summed E-state index contributed by atoms with van der Waals surface area (Å²) < 4.78 is 27.8. The second-order valence-corrected chi connectivity index (χ2v) is 6.81. The van der Waals surface area contributed by atoms with Gasteiger partial charge >= 0.3 is 6.09 Å². The van der Waals surface area contributed by atoms with Crippen molar-refractivity contribution >= 4 is 15.9 Å². The lowest BCUT2D eigenvalue weighted by molar-refractivity contribution is 0.200. The third-order valence-electron chi connectivity index (χ3n) is 2.99. The Labute approximate surface area is 129 Å². The molecule has 0 fully saturated rings. The van der Waals surface area contributed by atoms with Crippen LogP contribution in [0.15, 0.2) is 59.5 Å². The number of ether oxygens (including phenoxy) is 1. The van der Waals surface area contributed by atoms with Crippen LogP contribution in [0.4, 0.5) is 4.79 Å². The van der Waals surface area contributed by atoms with Crippen molar-refractivity contribution in [2.75, 3.05) is 12.8 Å². The molecule has 0 unspecified atom stereocenters. The van der Waals surface area contributed by atoms with Crippen LogP contribution in [0.3, 0.4) is 0 Å². The fourth-order valence-electron chi connectivity index (χ4n) is 1.84. The Morgan fingerprint density at radius 2 is 1.68 bits per heavy atom. The molecule has 6 heteroatoms. The lowest BCUT2D eigenvalue weighted by atomic mass is 10.1. The number of carbonyl (C=O) groups is 1. The number of sulfone groups is 1. The van der Waals surface area contributed by atoms with E-state index in [1.54, 1.807) is 48.5 Å². The van der Waals surface area contributed by atoms with E-state index in [0.717, 1.165) is 5.56 Å². The van der Waals surface area contributed by atoms with Gasteiger partial charge in [-0.1, -0.05) is 30.3 Å². The molecule has 0 bridgehead atoms. The first-order valence-corrected chi connectivity index (χ1v) is 8.64. The largest absolute Gasteiger partial charge is 0.412 e. The molecular weight excluding hydrogens is 302 g/mol. The molecule has 0 aliphatic carbocycles. The molecule has 22 heavy (non-hydrogen) atoms. The Morgan fingerprint density at radius 1 is 1.05 bits per heavy atom. The molecule has 0 aliphatic rings. The average molecular weight is 319 g/mol. The van der Waals surface area contributed by atoms with E-state index < -0.39 is 15.9 Å². The lowest BCUT2D eigenvalue weighted by Gasteiger charge is -2.07. The lowest BCUT2D eigenvalue weighted by Crippen LogP contribution is -2.28. The minimum Gasteiger partial charge on any atom is -0.410 e. The topological polar surface area (TPSA) is 72.5 Å². The van der Waals surface area contributed by atoms with Crippen molar-refractivity contribution in [3.8, 4) is 5.75 Å². The third-order valence-corrected chi connectivity index (χ3v) is 4.12. The monoisotopic (exact) mass is 319 g/mol. The summed E-state index contributed by atoms with van der Waals surface area (Å²) >= 11 is 0. The van der Waals surface area contributed by atoms with E-state index in [0.29, 0.717) is 18.7 Å². The van der Waals surface area contributed by atoms with E-state index in [9.17, 15) is 13.2 Å². The summed E-state index contributed by atoms with van der Waals surface area (Å²) in [5.41, 5.74) is 0.937. The van der Waals surface area contributed by atoms with Crippen LogP contribution in [0, 0.1) is 0 Å². The van der Waals surface area contributed by atoms with Crippen LogP contribution in [0.2, 0.25) is 0 Å². The summed E-state index contributed by atoms with van der Waals surface area (Å²) in [6, 6.07) is 15.4. The average Bonchev–Trinajstić information content (AvgIpc) is 2.48. The molecule has 2 rings (SSSR count). The van der Waals surface area contributed by atoms with Gasteiger partial charge in [-0.15, -0.1) is 0 Å². The zero-order chi connectivity index (χ0) is 16.0. The summed E-state index contributed by atoms with van der Waals surface area (Å²) in [6.45, 7) is 0.407. The molecule has 0 atom stereocenters. The quantitative estimate of drug-likeness (QED) is 0.918. The maximum atomic E-state index is 11.6. The molecule has 0 saturated heterocycles. The van der Waals surface area contributed by atoms with Gasteiger partial charge in [-0.05, 0) is 36.2 Å². The van der Waals surface area contributed by atoms with Crippen molar-refractivity contribution in [2.24, 2.45) is 0 Å². The first-order valence-electron chi connectivity index (χ1n) is 6.75. The highest BCUT2D eigenvalue weighted by atomic mass is 32.2. The standard InChI is InChI=1S/C16H17NO4S/c1-22(19,20)15-9-7-13(8-10-15)11-12-17-16(18)21-14-5-3-2-4-6-14/h2-10H,11-12H2,1H3,(H,17,18). The number of hydrogen-bond acceptors (Lipinski definition) is 4. The molecule has 1 amide bonds. The molecule has 0 saturated carbocycles. The molecular formula is C16H17NO4S. The minimum absolute atomic E-state index is 0.285. The van der Waals surface area contributed by atoms with Crippen LogP contribution >= 0.6 is 0 Å². The van der Waals surface area contributed by atoms with Crippen molar-refractivity contribution in [2.45, 2.75) is 11.3 Å². The van der Waals surface area contributed by atoms with E-state index in [-0.39, 0.29) is 4.90 Å². The van der Waals surface area contributed by atoms with Crippen molar-refractivity contribution in [1.82, 2.24) is 5.32 Å². The summed E-state index contributed by atoms with van der Waals surface area (Å²) in [5, 5.41) is 2.65. The predicted octanol–water partition coefficient (Wildman–Crippen LogP) is 2.42. The number of rotatable bonds is 5. The van der Waals surface area contributed by atoms with Crippen LogP contribution in [0.25, 0.3) is 0 Å². The maximum Gasteiger partial charge on any atom is 0.412 e. The van der Waals surface area contributed by atoms with Gasteiger partial charge in [0.15, 0.2) is 9.84 Å². The Hall–Kier alpha value is -2.34. The molecule has 0 aromatic heterocycles. The van der Waals surface area contributed by atoms with E-state index in [1.165, 1.54) is 6.26 Å². The highest BCUT2D eigenvalue weighted by Crippen LogP contribution is 2.11. The summed E-state index contributed by atoms with van der Waals surface area (Å²) in [4.78, 5) is 11.9. The SMILES string of the molecule is CS(=O)(=O)c1ccc(CCNC(=O)Oc2ccccc2)cc1. The van der Waals surface area contributed by atoms with Crippen molar-refractivity contribution in [1.29, 1.82) is 0 Å². The Morgan fingerprint density at radius 3 is 2.27 bits per heavy atom. The molecule has 5 nitrogen and oxygen atoms in total. The van der Waals surface area contributed by atoms with Crippen molar-refractivity contribution in [3.05, 3.63) is 60.2 Å². The van der Waals surface area contributed by atoms with Gasteiger partial charge in [0.25, 0.3) is 0 Å². The van der Waals surface area contributed by atoms with E-state index in [1.807, 2.05) is 6.07 Å². The fraction of sp³-hybridized carbons (Fsp3) is 0.188. The molecule has 116 valence electrons. The van der Waals surface area contributed by atoms with Crippen LogP contribution in [-0.2, 0) is 16.3 Å². The van der Waals surface area contributed by atoms with Crippen LogP contribution in [-0.4, -0.2) is 27.3 Å². The summed E-state index contributed by atoms with van der Waals surface area (Å²) in [5.74, 6) is 0.484. The van der Waals surface area contributed by atoms with Gasteiger partial charge < -0.3 is 10.1 Å². The van der Waals surface area contributed by atoms with E-state index in [4.69, 9.17) is 4.74 Å². The maximum absolute atomic E-state index is 11.6. The number of benzene rings is 2. The van der Waals surface area contributed by atoms with Gasteiger partial charge in [0.1, 0.15) is 5.75 Å². The molecule has 0 heterocycles. The summed E-state index contributed by atoms with van der Waals surface area (Å²) in [6.07, 6.45) is 1.25. The Balaban J connectivity index is 1.80. The number of carbonyl (C=O) groups excluding carboxylic acids is 1. The second kappa shape index (κ2) is 7.09. The van der Waals surface area contributed by atoms with E-state index >= 15 is 0 Å². The zero-order valence-corrected chi connectivity index (χ0v) is 13.0. The second-order valence-electron chi connectivity index (χ2n) is 4.80. The number of para-hydroxylation sites is 1. The van der Waals surface area contributed by atoms with Gasteiger partial charge in [-0.3, -0.25) is 0 Å². The van der Waals surface area contributed by atoms with Crippen molar-refractivity contribution in [3.63, 3.8) is 0 Å². The minimum atomic E-state index is -3.18. The van der Waals surface area contributed by atoms with Crippen LogP contribution in [0.5, 0.6) is 5.75 Å². The number of amides is 1. The Bertz CT molecular complexity index is 725. The van der Waals surface area contributed by atoms with E-state index in [2.05, 4.69) is 5.32 Å². The van der Waals surface area contributed by atoms with Gasteiger partial charge in [0.2, 0.25) is 0 Å². The van der Waals surface area contributed by atoms with Gasteiger partial charge in [-0.2, -0.15) is 0 Å². The normalized spacial score (nSPS) is 11.0. The highest BCUT2D eigenvalue weighted by Gasteiger charge is 2.07. The molecule has 2 aromatic carbocycles. The smallest absolute Gasteiger partial charge is 0.410 e. The zero-order valence-electron chi connectivity index (χ0n) is 12.2. The van der Waals surface area contributed by atoms with Gasteiger partial charge in [0, 0.05) is 12.8 Å². The summed E-state index contributed by atoms with van der Waals surface area (Å²) in [7, 11) is -3.18. The van der Waals surface area contributed by atoms with Gasteiger partial charge in [0.05, 0.1) is 4.90 Å². The fourth-order valence-corrected chi connectivity index (χ4v) is 2.47. The predicted molar refractivity (Wildman–Crippen MR) is 83.7 cm³/mol. The molecule has 2 aromatic rings. The third kappa shape index (κ3) is 4.89. The highest BCUT2D eigenvalue weighted by molar-refractivity contribution is 7.90. The first-order chi connectivity index (χ1) is 10.4.